The summed E-state index contributed by atoms with van der Waals surface area (Å²) in [6.45, 7) is 4.85. The maximum Gasteiger partial charge on any atom is 0.228 e. The second kappa shape index (κ2) is 12.9. The summed E-state index contributed by atoms with van der Waals surface area (Å²) in [5.74, 6) is 1.80. The standard InChI is InChI=1S/C20H29N3O3S.2ClH/c1-13(2)16(21)8-9-23(3)19(24)11-15-12-27-20(22-15)14-6-7-17(25-4)18(10-14)26-5;;/h6-7,10,12-13,16H,8-9,11,21H2,1-5H3;2*1H. The van der Waals surface area contributed by atoms with Gasteiger partial charge in [0.25, 0.3) is 0 Å². The van der Waals surface area contributed by atoms with Crippen LogP contribution in [0.4, 0.5) is 0 Å². The van der Waals surface area contributed by atoms with Crippen LogP contribution in [-0.2, 0) is 11.2 Å². The Kier molecular flexibility index (Phi) is 12.2. The molecule has 0 spiro atoms. The van der Waals surface area contributed by atoms with Crippen LogP contribution in [0, 0.1) is 5.92 Å². The maximum atomic E-state index is 12.4. The largest absolute Gasteiger partial charge is 0.493 e. The van der Waals surface area contributed by atoms with Crippen LogP contribution in [0.15, 0.2) is 23.6 Å². The highest BCUT2D eigenvalue weighted by Crippen LogP contribution is 2.33. The molecule has 1 heterocycles. The molecule has 2 aromatic rings. The highest BCUT2D eigenvalue weighted by Gasteiger charge is 2.16. The van der Waals surface area contributed by atoms with E-state index in [0.717, 1.165) is 22.7 Å². The van der Waals surface area contributed by atoms with Crippen LogP contribution >= 0.6 is 36.2 Å². The number of carbonyl (C=O) groups excluding carboxylic acids is 1. The van der Waals surface area contributed by atoms with Crippen molar-refractivity contribution in [2.45, 2.75) is 32.7 Å². The van der Waals surface area contributed by atoms with E-state index in [2.05, 4.69) is 18.8 Å². The lowest BCUT2D eigenvalue weighted by atomic mass is 10.0. The Bertz CT molecular complexity index is 771. The molecule has 0 aliphatic rings. The van der Waals surface area contributed by atoms with Gasteiger partial charge in [-0.1, -0.05) is 13.8 Å². The SMILES string of the molecule is COc1ccc(-c2nc(CC(=O)N(C)CCC(N)C(C)C)cs2)cc1OC.Cl.Cl. The number of amides is 1. The van der Waals surface area contributed by atoms with Crippen molar-refractivity contribution in [3.8, 4) is 22.1 Å². The molecule has 1 amide bonds. The first-order chi connectivity index (χ1) is 12.8. The van der Waals surface area contributed by atoms with Gasteiger partial charge in [-0.25, -0.2) is 4.98 Å². The average molecular weight is 464 g/mol. The molecule has 6 nitrogen and oxygen atoms in total. The van der Waals surface area contributed by atoms with Crippen LogP contribution in [-0.4, -0.2) is 49.6 Å². The number of hydrogen-bond acceptors (Lipinski definition) is 6. The minimum atomic E-state index is 0. The highest BCUT2D eigenvalue weighted by atomic mass is 35.5. The summed E-state index contributed by atoms with van der Waals surface area (Å²) in [6, 6.07) is 5.79. The Morgan fingerprint density at radius 1 is 1.21 bits per heavy atom. The number of rotatable bonds is 9. The summed E-state index contributed by atoms with van der Waals surface area (Å²) >= 11 is 1.51. The van der Waals surface area contributed by atoms with Crippen molar-refractivity contribution in [2.24, 2.45) is 11.7 Å². The fourth-order valence-electron chi connectivity index (χ4n) is 2.58. The lowest BCUT2D eigenvalue weighted by Crippen LogP contribution is -2.35. The van der Waals surface area contributed by atoms with E-state index in [9.17, 15) is 4.79 Å². The van der Waals surface area contributed by atoms with Crippen LogP contribution in [0.2, 0.25) is 0 Å². The maximum absolute atomic E-state index is 12.4. The summed E-state index contributed by atoms with van der Waals surface area (Å²) in [7, 11) is 5.03. The second-order valence-corrected chi connectivity index (χ2v) is 7.76. The fraction of sp³-hybridized carbons (Fsp3) is 0.500. The lowest BCUT2D eigenvalue weighted by molar-refractivity contribution is -0.129. The Morgan fingerprint density at radius 2 is 1.86 bits per heavy atom. The number of methoxy groups -OCH3 is 2. The third-order valence-corrected chi connectivity index (χ3v) is 5.53. The molecule has 2 N–H and O–H groups in total. The van der Waals surface area contributed by atoms with Crippen molar-refractivity contribution < 1.29 is 14.3 Å². The third-order valence-electron chi connectivity index (χ3n) is 4.59. The number of ether oxygens (including phenoxy) is 2. The van der Waals surface area contributed by atoms with Gasteiger partial charge in [-0.05, 0) is 30.5 Å². The van der Waals surface area contributed by atoms with Crippen molar-refractivity contribution in [2.75, 3.05) is 27.8 Å². The first kappa shape index (κ1) is 27.5. The monoisotopic (exact) mass is 463 g/mol. The molecule has 2 rings (SSSR count). The predicted molar refractivity (Wildman–Crippen MR) is 124 cm³/mol. The average Bonchev–Trinajstić information content (AvgIpc) is 3.13. The van der Waals surface area contributed by atoms with Crippen molar-refractivity contribution in [3.63, 3.8) is 0 Å². The van der Waals surface area contributed by atoms with Gasteiger partial charge in [-0.2, -0.15) is 0 Å². The number of thiazole rings is 1. The molecule has 0 radical (unpaired) electrons. The van der Waals surface area contributed by atoms with Crippen LogP contribution in [0.25, 0.3) is 10.6 Å². The van der Waals surface area contributed by atoms with Crippen LogP contribution in [0.5, 0.6) is 11.5 Å². The normalized spacial score (nSPS) is 11.3. The topological polar surface area (TPSA) is 77.7 Å². The van der Waals surface area contributed by atoms with Crippen LogP contribution < -0.4 is 15.2 Å². The highest BCUT2D eigenvalue weighted by molar-refractivity contribution is 7.13. The molecule has 1 unspecified atom stereocenters. The molecule has 164 valence electrons. The molecule has 1 aromatic carbocycles. The molecule has 9 heteroatoms. The van der Waals surface area contributed by atoms with E-state index in [0.29, 0.717) is 24.0 Å². The minimum absolute atomic E-state index is 0. The molecule has 0 saturated carbocycles. The van der Waals surface area contributed by atoms with E-state index in [1.54, 1.807) is 19.1 Å². The smallest absolute Gasteiger partial charge is 0.228 e. The van der Waals surface area contributed by atoms with Gasteiger partial charge >= 0.3 is 0 Å². The summed E-state index contributed by atoms with van der Waals surface area (Å²) in [5, 5.41) is 2.78. The molecule has 0 aliphatic carbocycles. The number of nitrogens with two attached hydrogens (primary N) is 1. The van der Waals surface area contributed by atoms with Gasteiger partial charge in [0.1, 0.15) is 5.01 Å². The molecule has 29 heavy (non-hydrogen) atoms. The van der Waals surface area contributed by atoms with E-state index < -0.39 is 0 Å². The van der Waals surface area contributed by atoms with E-state index in [1.807, 2.05) is 30.6 Å². The number of benzene rings is 1. The quantitative estimate of drug-likeness (QED) is 0.606. The molecule has 0 saturated heterocycles. The Morgan fingerprint density at radius 3 is 2.45 bits per heavy atom. The molecule has 0 aliphatic heterocycles. The van der Waals surface area contributed by atoms with Crippen LogP contribution in [0.1, 0.15) is 26.0 Å². The predicted octanol–water partition coefficient (Wildman–Crippen LogP) is 4.05. The van der Waals surface area contributed by atoms with Crippen molar-refractivity contribution in [1.29, 1.82) is 0 Å². The van der Waals surface area contributed by atoms with E-state index in [-0.39, 0.29) is 43.2 Å². The summed E-state index contributed by atoms with van der Waals surface area (Å²) in [4.78, 5) is 18.8. The first-order valence-corrected chi connectivity index (χ1v) is 9.90. The minimum Gasteiger partial charge on any atom is -0.493 e. The molecule has 0 bridgehead atoms. The molecule has 1 aromatic heterocycles. The third kappa shape index (κ3) is 7.66. The molecular formula is C20H31Cl2N3O3S. The van der Waals surface area contributed by atoms with E-state index in [4.69, 9.17) is 15.2 Å². The summed E-state index contributed by atoms with van der Waals surface area (Å²) in [6.07, 6.45) is 1.09. The van der Waals surface area contributed by atoms with Gasteiger partial charge in [0.05, 0.1) is 26.3 Å². The zero-order valence-corrected chi connectivity index (χ0v) is 20.0. The second-order valence-electron chi connectivity index (χ2n) is 6.90. The number of likely N-dealkylation sites (N-methyl/N-ethyl adjacent to an activating group) is 1. The van der Waals surface area contributed by atoms with E-state index in [1.165, 1.54) is 11.3 Å². The van der Waals surface area contributed by atoms with Crippen LogP contribution in [0.3, 0.4) is 0 Å². The molecule has 0 fully saturated rings. The van der Waals surface area contributed by atoms with Gasteiger partial charge in [0, 0.05) is 30.6 Å². The van der Waals surface area contributed by atoms with Gasteiger partial charge in [0.2, 0.25) is 5.91 Å². The fourth-order valence-corrected chi connectivity index (χ4v) is 3.40. The Hall–Kier alpha value is -1.54. The zero-order valence-electron chi connectivity index (χ0n) is 17.5. The number of nitrogens with zero attached hydrogens (tertiary/aromatic N) is 2. The van der Waals surface area contributed by atoms with Gasteiger partial charge < -0.3 is 20.1 Å². The number of hydrogen-bond donors (Lipinski definition) is 1. The lowest BCUT2D eigenvalue weighted by Gasteiger charge is -2.21. The number of aromatic nitrogens is 1. The van der Waals surface area contributed by atoms with Gasteiger partial charge in [-0.3, -0.25) is 4.79 Å². The summed E-state index contributed by atoms with van der Waals surface area (Å²) < 4.78 is 10.6. The zero-order chi connectivity index (χ0) is 20.0. The molecule has 1 atom stereocenters. The van der Waals surface area contributed by atoms with Gasteiger partial charge in [0.15, 0.2) is 11.5 Å². The van der Waals surface area contributed by atoms with E-state index >= 15 is 0 Å². The number of halogens is 2. The number of carbonyl (C=O) groups is 1. The molecular weight excluding hydrogens is 433 g/mol. The van der Waals surface area contributed by atoms with Crippen molar-refractivity contribution in [1.82, 2.24) is 9.88 Å². The Balaban J connectivity index is 0.00000392. The van der Waals surface area contributed by atoms with Crippen molar-refractivity contribution >= 4 is 42.1 Å². The van der Waals surface area contributed by atoms with Gasteiger partial charge in [-0.15, -0.1) is 36.2 Å². The Labute approximate surface area is 189 Å². The summed E-state index contributed by atoms with van der Waals surface area (Å²) in [5.41, 5.74) is 7.77. The van der Waals surface area contributed by atoms with Crippen molar-refractivity contribution in [3.05, 3.63) is 29.3 Å². The first-order valence-electron chi connectivity index (χ1n) is 9.02.